The number of H-pyrrole nitrogens is 4. The molecule has 4 aliphatic rings. The minimum absolute atomic E-state index is 0.115. The predicted octanol–water partition coefficient (Wildman–Crippen LogP) is 16.0. The van der Waals surface area contributed by atoms with Crippen LogP contribution in [0.2, 0.25) is 0 Å². The van der Waals surface area contributed by atoms with Crippen LogP contribution in [0.25, 0.3) is 159 Å². The molecule has 0 saturated carbocycles. The molecule has 0 saturated heterocycles. The van der Waals surface area contributed by atoms with Crippen molar-refractivity contribution in [3.8, 4) is 68.1 Å². The van der Waals surface area contributed by atoms with Crippen LogP contribution >= 0.6 is 0 Å². The van der Waals surface area contributed by atoms with Gasteiger partial charge in [0.2, 0.25) is 0 Å². The number of aromatic nitrogens is 14. The molecule has 18 nitrogen and oxygen atoms in total. The molecule has 94 heavy (non-hydrogen) atoms. The van der Waals surface area contributed by atoms with Crippen LogP contribution in [-0.4, -0.2) is 95.5 Å². The van der Waals surface area contributed by atoms with E-state index in [4.69, 9.17) is 54.3 Å². The normalized spacial score (nSPS) is 12.9. The van der Waals surface area contributed by atoms with Gasteiger partial charge in [-0.2, -0.15) is 0 Å². The van der Waals surface area contributed by atoms with E-state index in [9.17, 15) is 9.59 Å². The van der Waals surface area contributed by atoms with Gasteiger partial charge in [-0.1, -0.05) is 105 Å². The van der Waals surface area contributed by atoms with Gasteiger partial charge in [-0.25, -0.2) is 44.9 Å². The summed E-state index contributed by atoms with van der Waals surface area (Å²) in [6, 6.07) is 33.8. The van der Waals surface area contributed by atoms with Crippen molar-refractivity contribution in [2.45, 2.75) is 104 Å². The first-order valence-corrected chi connectivity index (χ1v) is 31.7. The third kappa shape index (κ3) is 10.4. The van der Waals surface area contributed by atoms with Gasteiger partial charge in [0.25, 0.3) is 0 Å². The molecule has 18 heteroatoms. The van der Waals surface area contributed by atoms with Gasteiger partial charge >= 0.3 is 11.9 Å². The summed E-state index contributed by atoms with van der Waals surface area (Å²) in [5, 5.41) is 3.36. The highest BCUT2D eigenvalue weighted by Crippen LogP contribution is 2.43. The van der Waals surface area contributed by atoms with Crippen LogP contribution in [0.4, 0.5) is 0 Å². The zero-order valence-electron chi connectivity index (χ0n) is 54.6. The molecule has 0 aliphatic carbocycles. The minimum atomic E-state index is -0.344. The number of rotatable bonds is 8. The Labute approximate surface area is 541 Å². The van der Waals surface area contributed by atoms with E-state index < -0.39 is 0 Å². The fraction of sp³-hybridized carbons (Fsp3) is 0.250. The van der Waals surface area contributed by atoms with E-state index in [1.165, 1.54) is 14.2 Å². The van der Waals surface area contributed by atoms with Gasteiger partial charge in [-0.05, 0) is 130 Å². The number of hydrogen-bond donors (Lipinski definition) is 4. The molecule has 0 radical (unpaired) electrons. The number of carbonyl (C=O) groups is 2. The standard InChI is InChI=1S/C76H70N14O4/c1-74(2,3)40-14-18-44-50(36-40)70-85-66(44)82-65-43-17-13-39(35-49(43)69(83-65)84-67-45-19-15-41(75(4,5)6)37-51(45)71(87-67)89-72-52-38-42(76(7,8)9)16-20-46(52)68(86-70)88-72)63-57-27-23-53(78-57)47(21-31-61(91)93-11)55-25-29-59(80-55)64(73-77-33-34-90(73)10)60-30-26-56(81-60)48(22-32-62(92)94-12)54-24-28-58(63)79-54/h13-20,23-30,33-38,78,81H,21-22,31-32H2,1-12H3,(H2,82,83,84,85,86,87,88,89). The molecule has 15 rings (SSSR count). The number of aryl methyl sites for hydroxylation is 3. The van der Waals surface area contributed by atoms with Crippen molar-refractivity contribution in [2.24, 2.45) is 7.05 Å². The summed E-state index contributed by atoms with van der Waals surface area (Å²) in [4.78, 5) is 89.1. The summed E-state index contributed by atoms with van der Waals surface area (Å²) in [7, 11) is 4.75. The Kier molecular flexibility index (Phi) is 13.9. The topological polar surface area (TPSA) is 237 Å². The zero-order chi connectivity index (χ0) is 65.3. The van der Waals surface area contributed by atoms with Crippen LogP contribution in [0.1, 0.15) is 126 Å². The molecule has 0 unspecified atom stereocenters. The van der Waals surface area contributed by atoms with E-state index in [1.54, 1.807) is 6.20 Å². The monoisotopic (exact) mass is 1240 g/mol. The SMILES string of the molecule is COC(=O)CCc1c2nc(c(-c3nccn3C)c3ccc([nH]3)c(CCC(=O)OC)c3nc(c(-c4ccc5c6nc7nc(nc8[nH]c(nc9nc(nc([nH]6)c5c4)-c4ccc(C(C)(C)C)cc4-9)c4cc(C(C)(C)C)ccc84)-c4cc(C(C)(C)C)ccc4-7)c4ccc1[nH]4)C=C3)C=C2. The highest BCUT2D eigenvalue weighted by Gasteiger charge is 2.28. The van der Waals surface area contributed by atoms with Crippen LogP contribution in [0.5, 0.6) is 0 Å². The van der Waals surface area contributed by atoms with Crippen LogP contribution in [-0.2, 0) is 55.2 Å². The van der Waals surface area contributed by atoms with Gasteiger partial charge in [-0.3, -0.25) is 9.59 Å². The van der Waals surface area contributed by atoms with Crippen LogP contribution in [0.3, 0.4) is 0 Å². The molecule has 11 heterocycles. The van der Waals surface area contributed by atoms with Crippen molar-refractivity contribution in [3.05, 3.63) is 160 Å². The number of benzene rings is 4. The summed E-state index contributed by atoms with van der Waals surface area (Å²) in [5.74, 6) is 2.02. The number of fused-ring (bicyclic) bond motifs is 28. The lowest BCUT2D eigenvalue weighted by molar-refractivity contribution is -0.141. The zero-order valence-corrected chi connectivity index (χ0v) is 54.6. The molecule has 0 fully saturated rings. The molecule has 7 aromatic heterocycles. The Morgan fingerprint density at radius 2 is 0.840 bits per heavy atom. The lowest BCUT2D eigenvalue weighted by atomic mass is 9.85. The van der Waals surface area contributed by atoms with Gasteiger partial charge in [-0.15, -0.1) is 0 Å². The Balaban J connectivity index is 1.04. The largest absolute Gasteiger partial charge is 0.469 e. The number of nitrogens with zero attached hydrogens (tertiary/aromatic N) is 10. The number of ether oxygens (including phenoxy) is 2. The average Bonchev–Trinajstić information content (AvgIpc) is 1.60. The summed E-state index contributed by atoms with van der Waals surface area (Å²) in [5.41, 5.74) is 18.3. The molecule has 468 valence electrons. The number of hydrogen-bond acceptors (Lipinski definition) is 13. The van der Waals surface area contributed by atoms with E-state index in [0.717, 1.165) is 110 Å². The van der Waals surface area contributed by atoms with Crippen molar-refractivity contribution < 1.29 is 19.1 Å². The Hall–Kier alpha value is -11.0. The van der Waals surface area contributed by atoms with Gasteiger partial charge in [0.1, 0.15) is 28.4 Å². The lowest BCUT2D eigenvalue weighted by Gasteiger charge is -2.19. The van der Waals surface area contributed by atoms with Crippen molar-refractivity contribution >= 4 is 102 Å². The molecule has 11 aromatic rings. The maximum atomic E-state index is 13.0. The van der Waals surface area contributed by atoms with Crippen molar-refractivity contribution in [2.75, 3.05) is 14.2 Å². The third-order valence-corrected chi connectivity index (χ3v) is 18.3. The summed E-state index contributed by atoms with van der Waals surface area (Å²) in [6.45, 7) is 19.9. The predicted molar refractivity (Wildman–Crippen MR) is 373 cm³/mol. The number of esters is 2. The first-order chi connectivity index (χ1) is 45.0. The van der Waals surface area contributed by atoms with E-state index in [1.807, 2.05) is 66.4 Å². The second-order valence-corrected chi connectivity index (χ2v) is 27.6. The Morgan fingerprint density at radius 3 is 1.32 bits per heavy atom. The Morgan fingerprint density at radius 1 is 0.426 bits per heavy atom. The van der Waals surface area contributed by atoms with Gasteiger partial charge in [0.15, 0.2) is 23.3 Å². The Bertz CT molecular complexity index is 5480. The molecule has 0 amide bonds. The second-order valence-electron chi connectivity index (χ2n) is 27.6. The lowest BCUT2D eigenvalue weighted by Crippen LogP contribution is -2.10. The second kappa shape index (κ2) is 22.1. The number of aromatic amines is 4. The summed E-state index contributed by atoms with van der Waals surface area (Å²) in [6.07, 6.45) is 12.5. The number of carbonyl (C=O) groups excluding carboxylic acids is 2. The molecule has 0 spiro atoms. The summed E-state index contributed by atoms with van der Waals surface area (Å²) < 4.78 is 12.4. The molecule has 4 aromatic carbocycles. The van der Waals surface area contributed by atoms with Gasteiger partial charge in [0, 0.05) is 109 Å². The highest BCUT2D eigenvalue weighted by molar-refractivity contribution is 6.09. The quantitative estimate of drug-likeness (QED) is 0.104. The molecular weight excluding hydrogens is 1170 g/mol. The first-order valence-electron chi connectivity index (χ1n) is 31.7. The smallest absolute Gasteiger partial charge is 0.305 e. The van der Waals surface area contributed by atoms with Crippen molar-refractivity contribution in [1.29, 1.82) is 0 Å². The van der Waals surface area contributed by atoms with E-state index in [0.29, 0.717) is 87.3 Å². The highest BCUT2D eigenvalue weighted by atomic mass is 16.5. The van der Waals surface area contributed by atoms with Crippen molar-refractivity contribution in [1.82, 2.24) is 69.4 Å². The molecule has 4 N–H and O–H groups in total. The fourth-order valence-corrected chi connectivity index (χ4v) is 13.0. The molecule has 16 bridgehead atoms. The van der Waals surface area contributed by atoms with Gasteiger partial charge < -0.3 is 34.0 Å². The molecular formula is C76H70N14O4. The van der Waals surface area contributed by atoms with Crippen molar-refractivity contribution in [3.63, 3.8) is 0 Å². The number of imidazole rings is 1. The maximum absolute atomic E-state index is 13.0. The van der Waals surface area contributed by atoms with E-state index in [2.05, 4.69) is 155 Å². The number of methoxy groups -OCH3 is 2. The molecule has 0 atom stereocenters. The molecule has 4 aliphatic heterocycles. The maximum Gasteiger partial charge on any atom is 0.305 e. The third-order valence-electron chi connectivity index (χ3n) is 18.3. The first kappa shape index (κ1) is 59.3. The van der Waals surface area contributed by atoms with E-state index >= 15 is 0 Å². The van der Waals surface area contributed by atoms with E-state index in [-0.39, 0.29) is 41.0 Å². The summed E-state index contributed by atoms with van der Waals surface area (Å²) >= 11 is 0. The number of nitrogens with one attached hydrogen (secondary N) is 4. The van der Waals surface area contributed by atoms with Crippen LogP contribution in [0.15, 0.2) is 109 Å². The van der Waals surface area contributed by atoms with Gasteiger partial charge in [0.05, 0.1) is 48.1 Å². The minimum Gasteiger partial charge on any atom is -0.469 e. The van der Waals surface area contributed by atoms with Crippen LogP contribution in [0, 0.1) is 0 Å². The van der Waals surface area contributed by atoms with Crippen LogP contribution < -0.4 is 0 Å². The average molecular weight is 1240 g/mol. The fourth-order valence-electron chi connectivity index (χ4n) is 13.0.